The van der Waals surface area contributed by atoms with Gasteiger partial charge in [0.05, 0.1) is 13.0 Å². The summed E-state index contributed by atoms with van der Waals surface area (Å²) in [5.41, 5.74) is 3.88. The van der Waals surface area contributed by atoms with E-state index in [9.17, 15) is 8.78 Å². The Bertz CT molecular complexity index is 888. The lowest BCUT2D eigenvalue weighted by Crippen LogP contribution is -2.23. The van der Waals surface area contributed by atoms with Crippen molar-refractivity contribution in [2.75, 3.05) is 0 Å². The summed E-state index contributed by atoms with van der Waals surface area (Å²) in [5, 5.41) is 0. The molecule has 0 N–H and O–H groups in total. The maximum Gasteiger partial charge on any atom is 0.360 e. The van der Waals surface area contributed by atoms with Gasteiger partial charge < -0.3 is 4.74 Å². The highest BCUT2D eigenvalue weighted by atomic mass is 19.3. The molecule has 0 aliphatic heterocycles. The van der Waals surface area contributed by atoms with Gasteiger partial charge in [-0.05, 0) is 99.3 Å². The lowest BCUT2D eigenvalue weighted by molar-refractivity contribution is -0.244. The molecule has 0 heterocycles. The second-order valence-corrected chi connectivity index (χ2v) is 9.63. The van der Waals surface area contributed by atoms with Crippen molar-refractivity contribution in [3.05, 3.63) is 95.1 Å². The molecule has 3 rings (SSSR count). The van der Waals surface area contributed by atoms with E-state index in [1.165, 1.54) is 44.1 Å². The number of ether oxygens (including phenoxy) is 1. The summed E-state index contributed by atoms with van der Waals surface area (Å²) in [6.07, 6.45) is 14.3. The zero-order chi connectivity index (χ0) is 24.2. The highest BCUT2D eigenvalue weighted by Crippen LogP contribution is 2.37. The highest BCUT2D eigenvalue weighted by molar-refractivity contribution is 5.26. The van der Waals surface area contributed by atoms with Crippen molar-refractivity contribution in [3.8, 4) is 0 Å². The van der Waals surface area contributed by atoms with Crippen LogP contribution in [0.3, 0.4) is 0 Å². The normalized spacial score (nSPS) is 19.3. The molecule has 1 saturated carbocycles. The fourth-order valence-electron chi connectivity index (χ4n) is 4.89. The van der Waals surface area contributed by atoms with Crippen LogP contribution in [-0.2, 0) is 24.2 Å². The minimum absolute atomic E-state index is 0.0770. The second kappa shape index (κ2) is 13.6. The fourth-order valence-corrected chi connectivity index (χ4v) is 4.89. The molecule has 0 unspecified atom stereocenters. The van der Waals surface area contributed by atoms with Gasteiger partial charge in [-0.1, -0.05) is 72.8 Å². The van der Waals surface area contributed by atoms with Gasteiger partial charge in [-0.25, -0.2) is 0 Å². The number of benzene rings is 2. The van der Waals surface area contributed by atoms with Crippen LogP contribution in [0.25, 0.3) is 0 Å². The third-order valence-electron chi connectivity index (χ3n) is 6.99. The molecule has 0 bridgehead atoms. The predicted octanol–water partition coefficient (Wildman–Crippen LogP) is 9.18. The van der Waals surface area contributed by atoms with Gasteiger partial charge in [0.15, 0.2) is 0 Å². The van der Waals surface area contributed by atoms with Gasteiger partial charge in [-0.3, -0.25) is 0 Å². The number of alkyl halides is 2. The third kappa shape index (κ3) is 8.83. The summed E-state index contributed by atoms with van der Waals surface area (Å²) in [6, 6.07) is 15.5. The first kappa shape index (κ1) is 26.3. The molecule has 0 aromatic heterocycles. The van der Waals surface area contributed by atoms with E-state index >= 15 is 0 Å². The minimum Gasteiger partial charge on any atom is -0.315 e. The number of aryl methyl sites for hydroxylation is 1. The number of hydrogen-bond donors (Lipinski definition) is 0. The zero-order valence-corrected chi connectivity index (χ0v) is 20.8. The Hall–Kier alpha value is -2.26. The van der Waals surface area contributed by atoms with E-state index < -0.39 is 12.5 Å². The Morgan fingerprint density at radius 1 is 0.794 bits per heavy atom. The van der Waals surface area contributed by atoms with E-state index in [0.717, 1.165) is 29.9 Å². The first-order chi connectivity index (χ1) is 16.5. The van der Waals surface area contributed by atoms with E-state index in [0.29, 0.717) is 11.5 Å². The van der Waals surface area contributed by atoms with E-state index in [4.69, 9.17) is 4.74 Å². The van der Waals surface area contributed by atoms with Crippen molar-refractivity contribution < 1.29 is 13.5 Å². The molecular formula is C31H40F2O. The first-order valence-corrected chi connectivity index (χ1v) is 12.9. The van der Waals surface area contributed by atoms with Gasteiger partial charge >= 0.3 is 6.11 Å². The Morgan fingerprint density at radius 3 is 2.03 bits per heavy atom. The molecule has 1 nitrogen and oxygen atoms in total. The Balaban J connectivity index is 1.43. The van der Waals surface area contributed by atoms with Crippen LogP contribution in [0, 0.1) is 5.92 Å². The average Bonchev–Trinajstić information content (AvgIpc) is 2.85. The standard InChI is InChI=1S/C31H40F2O/c1-3-5-7-9-25-11-13-27(14-12-25)23-31(32,33)34-24-28-17-21-30(22-18-28)29-19-15-26(16-20-29)10-8-6-4-2/h3-6,11-14,17-18,21-22,26,29H,7-10,15-16,19-20,23-24H2,1-2H3/b5-3+,6-4+. The van der Waals surface area contributed by atoms with Crippen LogP contribution in [0.15, 0.2) is 72.8 Å². The summed E-state index contributed by atoms with van der Waals surface area (Å²) < 4.78 is 33.9. The maximum absolute atomic E-state index is 14.4. The van der Waals surface area contributed by atoms with Gasteiger partial charge in [0.1, 0.15) is 0 Å². The molecule has 0 radical (unpaired) electrons. The number of halogens is 2. The van der Waals surface area contributed by atoms with Crippen LogP contribution in [0.1, 0.15) is 87.0 Å². The van der Waals surface area contributed by atoms with Gasteiger partial charge in [0.25, 0.3) is 0 Å². The van der Waals surface area contributed by atoms with Crippen LogP contribution in [0.5, 0.6) is 0 Å². The van der Waals surface area contributed by atoms with Crippen molar-refractivity contribution >= 4 is 0 Å². The van der Waals surface area contributed by atoms with Gasteiger partial charge in [0.2, 0.25) is 0 Å². The molecule has 1 fully saturated rings. The molecule has 3 heteroatoms. The monoisotopic (exact) mass is 466 g/mol. The van der Waals surface area contributed by atoms with Crippen molar-refractivity contribution in [3.63, 3.8) is 0 Å². The predicted molar refractivity (Wildman–Crippen MR) is 138 cm³/mol. The molecule has 0 saturated heterocycles. The van der Waals surface area contributed by atoms with Crippen LogP contribution in [0.2, 0.25) is 0 Å². The summed E-state index contributed by atoms with van der Waals surface area (Å²) in [5.74, 6) is 1.44. The van der Waals surface area contributed by atoms with E-state index in [-0.39, 0.29) is 6.61 Å². The van der Waals surface area contributed by atoms with Crippen molar-refractivity contribution in [2.45, 2.75) is 90.3 Å². The molecule has 1 aliphatic carbocycles. The maximum atomic E-state index is 14.4. The lowest BCUT2D eigenvalue weighted by Gasteiger charge is -2.28. The number of allylic oxidation sites excluding steroid dienone is 4. The SMILES string of the molecule is C/C=C/CCc1ccc(CC(F)(F)OCc2ccc(C3CCC(CC/C=C/C)CC3)cc2)cc1. The number of rotatable bonds is 12. The van der Waals surface area contributed by atoms with E-state index in [1.807, 2.05) is 37.3 Å². The molecule has 1 aliphatic rings. The first-order valence-electron chi connectivity index (χ1n) is 12.9. The molecule has 2 aromatic carbocycles. The van der Waals surface area contributed by atoms with Crippen molar-refractivity contribution in [1.29, 1.82) is 0 Å². The highest BCUT2D eigenvalue weighted by Gasteiger charge is 2.30. The third-order valence-corrected chi connectivity index (χ3v) is 6.99. The molecule has 0 atom stereocenters. The Labute approximate surface area is 204 Å². The van der Waals surface area contributed by atoms with E-state index in [2.05, 4.69) is 37.3 Å². The molecule has 0 spiro atoms. The van der Waals surface area contributed by atoms with Gasteiger partial charge in [-0.2, -0.15) is 8.78 Å². The lowest BCUT2D eigenvalue weighted by atomic mass is 9.77. The summed E-state index contributed by atoms with van der Waals surface area (Å²) in [6.45, 7) is 4.00. The Kier molecular flexibility index (Phi) is 10.5. The van der Waals surface area contributed by atoms with Crippen LogP contribution in [-0.4, -0.2) is 6.11 Å². The summed E-state index contributed by atoms with van der Waals surface area (Å²) >= 11 is 0. The minimum atomic E-state index is -3.18. The van der Waals surface area contributed by atoms with E-state index in [1.54, 1.807) is 12.1 Å². The molecule has 34 heavy (non-hydrogen) atoms. The fraction of sp³-hybridized carbons (Fsp3) is 0.484. The average molecular weight is 467 g/mol. The second-order valence-electron chi connectivity index (χ2n) is 9.63. The number of hydrogen-bond acceptors (Lipinski definition) is 1. The smallest absolute Gasteiger partial charge is 0.315 e. The molecule has 184 valence electrons. The Morgan fingerprint density at radius 2 is 1.38 bits per heavy atom. The van der Waals surface area contributed by atoms with Crippen molar-refractivity contribution in [1.82, 2.24) is 0 Å². The van der Waals surface area contributed by atoms with Crippen molar-refractivity contribution in [2.24, 2.45) is 5.92 Å². The van der Waals surface area contributed by atoms with Crippen LogP contribution < -0.4 is 0 Å². The molecule has 2 aromatic rings. The summed E-state index contributed by atoms with van der Waals surface area (Å²) in [7, 11) is 0. The van der Waals surface area contributed by atoms with Gasteiger partial charge in [0, 0.05) is 0 Å². The topological polar surface area (TPSA) is 9.23 Å². The molecule has 0 amide bonds. The molecular weight excluding hydrogens is 426 g/mol. The van der Waals surface area contributed by atoms with Gasteiger partial charge in [-0.15, -0.1) is 0 Å². The largest absolute Gasteiger partial charge is 0.360 e. The van der Waals surface area contributed by atoms with Crippen LogP contribution in [0.4, 0.5) is 8.78 Å². The quantitative estimate of drug-likeness (QED) is 0.283. The van der Waals surface area contributed by atoms with Crippen LogP contribution >= 0.6 is 0 Å². The zero-order valence-electron chi connectivity index (χ0n) is 20.8. The summed E-state index contributed by atoms with van der Waals surface area (Å²) in [4.78, 5) is 0.